The standard InChI is InChI=1S/C28H30F2N6O3S/c1-3-13-40(37,38)36-25-20-7-4-5-8-21(20)26(17(2)24(25)30)39-27-22(9-6-11-32-27)23-10-12-33-28(35-23)34-19-14-18(29)15-31-16-19/h4-12,18-19,31,36H,3,13-16H2,1-2H3,(H,33,34,35)/t18-,19-/m0/s1. The highest BCUT2D eigenvalue weighted by Gasteiger charge is 2.24. The molecular weight excluding hydrogens is 538 g/mol. The van der Waals surface area contributed by atoms with Crippen molar-refractivity contribution < 1.29 is 21.9 Å². The van der Waals surface area contributed by atoms with Gasteiger partial charge in [0.2, 0.25) is 21.9 Å². The van der Waals surface area contributed by atoms with Gasteiger partial charge in [0.25, 0.3) is 0 Å². The summed E-state index contributed by atoms with van der Waals surface area (Å²) in [5, 5.41) is 7.09. The number of hydrogen-bond acceptors (Lipinski definition) is 8. The first-order chi connectivity index (χ1) is 19.3. The van der Waals surface area contributed by atoms with E-state index in [1.54, 1.807) is 61.8 Å². The number of anilines is 2. The van der Waals surface area contributed by atoms with E-state index in [1.165, 1.54) is 6.92 Å². The predicted octanol–water partition coefficient (Wildman–Crippen LogP) is 5.20. The first kappa shape index (κ1) is 27.7. The Hall–Kier alpha value is -3.90. The normalized spacial score (nSPS) is 17.5. The van der Waals surface area contributed by atoms with E-state index in [9.17, 15) is 12.8 Å². The third kappa shape index (κ3) is 5.97. The summed E-state index contributed by atoms with van der Waals surface area (Å²) in [6.45, 7) is 4.19. The zero-order chi connectivity index (χ0) is 28.3. The molecule has 1 saturated heterocycles. The number of ether oxygens (including phenoxy) is 1. The molecule has 3 heterocycles. The molecule has 0 bridgehead atoms. The maximum atomic E-state index is 15.7. The van der Waals surface area contributed by atoms with E-state index in [-0.39, 0.29) is 34.7 Å². The SMILES string of the molecule is CCCS(=O)(=O)Nc1c(F)c(C)c(Oc2ncccc2-c2ccnc(N[C@@H]3CNC[C@@H](F)C3)n2)c2ccccc12. The summed E-state index contributed by atoms with van der Waals surface area (Å²) in [5.74, 6) is -0.129. The average Bonchev–Trinajstić information content (AvgIpc) is 2.94. The number of halogens is 2. The van der Waals surface area contributed by atoms with Crippen LogP contribution in [0.1, 0.15) is 25.3 Å². The molecule has 0 saturated carbocycles. The highest BCUT2D eigenvalue weighted by molar-refractivity contribution is 7.92. The quantitative estimate of drug-likeness (QED) is 0.252. The largest absolute Gasteiger partial charge is 0.437 e. The van der Waals surface area contributed by atoms with Crippen molar-refractivity contribution in [2.45, 2.75) is 38.9 Å². The molecule has 12 heteroatoms. The van der Waals surface area contributed by atoms with Crippen LogP contribution in [0.2, 0.25) is 0 Å². The Balaban J connectivity index is 1.51. The summed E-state index contributed by atoms with van der Waals surface area (Å²) in [6.07, 6.45) is 2.94. The number of sulfonamides is 1. The summed E-state index contributed by atoms with van der Waals surface area (Å²) in [7, 11) is -3.74. The van der Waals surface area contributed by atoms with Gasteiger partial charge in [-0.3, -0.25) is 4.72 Å². The third-order valence-electron chi connectivity index (χ3n) is 6.59. The van der Waals surface area contributed by atoms with E-state index in [1.807, 2.05) is 0 Å². The van der Waals surface area contributed by atoms with Gasteiger partial charge in [-0.2, -0.15) is 0 Å². The van der Waals surface area contributed by atoms with Gasteiger partial charge < -0.3 is 15.4 Å². The van der Waals surface area contributed by atoms with E-state index >= 15 is 4.39 Å². The molecule has 0 amide bonds. The van der Waals surface area contributed by atoms with Crippen molar-refractivity contribution >= 4 is 32.4 Å². The molecule has 0 aliphatic carbocycles. The van der Waals surface area contributed by atoms with Crippen molar-refractivity contribution in [1.82, 2.24) is 20.3 Å². The van der Waals surface area contributed by atoms with Crippen LogP contribution in [-0.2, 0) is 10.0 Å². The number of benzene rings is 2. The summed E-state index contributed by atoms with van der Waals surface area (Å²) >= 11 is 0. The fourth-order valence-corrected chi connectivity index (χ4v) is 5.89. The van der Waals surface area contributed by atoms with Crippen molar-refractivity contribution in [2.24, 2.45) is 0 Å². The van der Waals surface area contributed by atoms with Crippen LogP contribution in [0.5, 0.6) is 11.6 Å². The minimum absolute atomic E-state index is 0.116. The number of aromatic nitrogens is 3. The fraction of sp³-hybridized carbons (Fsp3) is 0.321. The smallest absolute Gasteiger partial charge is 0.232 e. The van der Waals surface area contributed by atoms with Gasteiger partial charge in [0.1, 0.15) is 11.9 Å². The predicted molar refractivity (Wildman–Crippen MR) is 151 cm³/mol. The molecule has 4 aromatic rings. The number of hydrogen-bond donors (Lipinski definition) is 3. The van der Waals surface area contributed by atoms with E-state index < -0.39 is 22.0 Å². The monoisotopic (exact) mass is 568 g/mol. The van der Waals surface area contributed by atoms with Crippen molar-refractivity contribution in [3.05, 3.63) is 66.2 Å². The Labute approximate surface area is 231 Å². The van der Waals surface area contributed by atoms with E-state index in [2.05, 4.69) is 30.3 Å². The molecule has 2 aromatic carbocycles. The van der Waals surface area contributed by atoms with Crippen molar-refractivity contribution in [1.29, 1.82) is 0 Å². The van der Waals surface area contributed by atoms with Crippen LogP contribution < -0.4 is 20.1 Å². The summed E-state index contributed by atoms with van der Waals surface area (Å²) in [6, 6.07) is 11.9. The van der Waals surface area contributed by atoms with Gasteiger partial charge in [0.15, 0.2) is 5.82 Å². The van der Waals surface area contributed by atoms with E-state index in [4.69, 9.17) is 4.74 Å². The minimum Gasteiger partial charge on any atom is -0.437 e. The number of pyridine rings is 1. The first-order valence-corrected chi connectivity index (χ1v) is 14.7. The van der Waals surface area contributed by atoms with E-state index in [0.717, 1.165) is 0 Å². The summed E-state index contributed by atoms with van der Waals surface area (Å²) in [4.78, 5) is 13.3. The van der Waals surface area contributed by atoms with Gasteiger partial charge in [0.05, 0.1) is 22.7 Å². The Bertz CT molecular complexity index is 1640. The second-order valence-corrected chi connectivity index (χ2v) is 11.5. The Kier molecular flexibility index (Phi) is 8.08. The second kappa shape index (κ2) is 11.7. The number of piperidine rings is 1. The second-order valence-electron chi connectivity index (χ2n) is 9.67. The highest BCUT2D eigenvalue weighted by atomic mass is 32.2. The number of rotatable bonds is 9. The van der Waals surface area contributed by atoms with Gasteiger partial charge in [-0.05, 0) is 31.5 Å². The molecule has 5 rings (SSSR count). The number of nitrogens with zero attached hydrogens (tertiary/aromatic N) is 3. The van der Waals surface area contributed by atoms with Crippen LogP contribution in [0.25, 0.3) is 22.0 Å². The topological polar surface area (TPSA) is 118 Å². The summed E-state index contributed by atoms with van der Waals surface area (Å²) < 4.78 is 63.2. The lowest BCUT2D eigenvalue weighted by Gasteiger charge is -2.26. The zero-order valence-electron chi connectivity index (χ0n) is 22.1. The van der Waals surface area contributed by atoms with E-state index in [0.29, 0.717) is 53.9 Å². The van der Waals surface area contributed by atoms with Gasteiger partial charge in [-0.15, -0.1) is 0 Å². The maximum absolute atomic E-state index is 15.7. The molecule has 3 N–H and O–H groups in total. The van der Waals surface area contributed by atoms with Crippen LogP contribution in [-0.4, -0.2) is 54.4 Å². The fourth-order valence-electron chi connectivity index (χ4n) is 4.74. The van der Waals surface area contributed by atoms with Crippen LogP contribution >= 0.6 is 0 Å². The Morgan fingerprint density at radius 3 is 2.65 bits per heavy atom. The molecule has 0 unspecified atom stereocenters. The lowest BCUT2D eigenvalue weighted by atomic mass is 10.0. The Morgan fingerprint density at radius 1 is 1.07 bits per heavy atom. The third-order valence-corrected chi connectivity index (χ3v) is 8.05. The van der Waals surface area contributed by atoms with Gasteiger partial charge >= 0.3 is 0 Å². The van der Waals surface area contributed by atoms with Crippen LogP contribution in [0.15, 0.2) is 54.9 Å². The molecule has 1 aliphatic heterocycles. The van der Waals surface area contributed by atoms with Crippen LogP contribution in [0, 0.1) is 12.7 Å². The highest BCUT2D eigenvalue weighted by Crippen LogP contribution is 2.41. The van der Waals surface area contributed by atoms with Crippen molar-refractivity contribution in [2.75, 3.05) is 28.9 Å². The molecule has 9 nitrogen and oxygen atoms in total. The Morgan fingerprint density at radius 2 is 1.88 bits per heavy atom. The average molecular weight is 569 g/mol. The lowest BCUT2D eigenvalue weighted by molar-refractivity contribution is 0.254. The number of fused-ring (bicyclic) bond motifs is 1. The molecular formula is C28H30F2N6O3S. The minimum atomic E-state index is -3.74. The number of alkyl halides is 1. The van der Waals surface area contributed by atoms with Gasteiger partial charge in [-0.1, -0.05) is 31.2 Å². The molecule has 1 fully saturated rings. The molecule has 2 atom stereocenters. The van der Waals surface area contributed by atoms with Gasteiger partial charge in [0, 0.05) is 54.3 Å². The molecule has 2 aromatic heterocycles. The molecule has 40 heavy (non-hydrogen) atoms. The molecule has 1 aliphatic rings. The first-order valence-electron chi connectivity index (χ1n) is 13.0. The zero-order valence-corrected chi connectivity index (χ0v) is 22.9. The van der Waals surface area contributed by atoms with Crippen LogP contribution in [0.4, 0.5) is 20.4 Å². The van der Waals surface area contributed by atoms with Crippen molar-refractivity contribution in [3.8, 4) is 22.9 Å². The molecule has 0 radical (unpaired) electrons. The molecule has 210 valence electrons. The van der Waals surface area contributed by atoms with Gasteiger partial charge in [-0.25, -0.2) is 32.2 Å². The maximum Gasteiger partial charge on any atom is 0.232 e. The number of nitrogens with one attached hydrogen (secondary N) is 3. The lowest BCUT2D eigenvalue weighted by Crippen LogP contribution is -2.44. The van der Waals surface area contributed by atoms with Crippen LogP contribution in [0.3, 0.4) is 0 Å². The van der Waals surface area contributed by atoms with Crippen molar-refractivity contribution in [3.63, 3.8) is 0 Å². The molecule has 0 spiro atoms. The summed E-state index contributed by atoms with van der Waals surface area (Å²) in [5.41, 5.74) is 1.05.